The zero-order valence-electron chi connectivity index (χ0n) is 14.4. The highest BCUT2D eigenvalue weighted by Crippen LogP contribution is 2.38. The summed E-state index contributed by atoms with van der Waals surface area (Å²) in [6.45, 7) is 2.32. The molecule has 4 rings (SSSR count). The zero-order valence-corrected chi connectivity index (χ0v) is 14.4. The lowest BCUT2D eigenvalue weighted by molar-refractivity contribution is 0.112. The Balaban J connectivity index is 1.85. The molecule has 5 nitrogen and oxygen atoms in total. The Hall–Kier alpha value is -2.69. The van der Waals surface area contributed by atoms with Crippen LogP contribution in [0.2, 0.25) is 0 Å². The maximum Gasteiger partial charge on any atom is 0.150 e. The van der Waals surface area contributed by atoms with Gasteiger partial charge in [-0.3, -0.25) is 9.20 Å². The number of aldehydes is 1. The lowest BCUT2D eigenvalue weighted by Gasteiger charge is -2.25. The summed E-state index contributed by atoms with van der Waals surface area (Å²) in [4.78, 5) is 20.1. The van der Waals surface area contributed by atoms with Crippen molar-refractivity contribution >= 4 is 17.6 Å². The smallest absolute Gasteiger partial charge is 0.150 e. The van der Waals surface area contributed by atoms with Crippen LogP contribution in [-0.4, -0.2) is 20.7 Å². The lowest BCUT2D eigenvalue weighted by atomic mass is 9.82. The van der Waals surface area contributed by atoms with E-state index in [0.29, 0.717) is 17.3 Å². The molecule has 0 amide bonds. The van der Waals surface area contributed by atoms with E-state index in [1.807, 2.05) is 30.5 Å². The molecule has 1 aromatic carbocycles. The number of imidazole rings is 1. The molecule has 0 atom stereocenters. The number of carbonyl (C=O) groups is 1. The van der Waals surface area contributed by atoms with E-state index >= 15 is 0 Å². The van der Waals surface area contributed by atoms with Gasteiger partial charge in [-0.05, 0) is 18.8 Å². The van der Waals surface area contributed by atoms with E-state index in [0.717, 1.165) is 47.6 Å². The summed E-state index contributed by atoms with van der Waals surface area (Å²) >= 11 is 0. The maximum absolute atomic E-state index is 10.9. The fourth-order valence-electron chi connectivity index (χ4n) is 3.81. The summed E-state index contributed by atoms with van der Waals surface area (Å²) in [7, 11) is 0. The normalized spacial score (nSPS) is 20.7. The number of carbonyl (C=O) groups excluding carboxylic acids is 1. The average Bonchev–Trinajstić information content (AvgIpc) is 3.03. The molecule has 0 unspecified atom stereocenters. The van der Waals surface area contributed by atoms with Gasteiger partial charge in [-0.2, -0.15) is 0 Å². The van der Waals surface area contributed by atoms with Crippen LogP contribution in [0.5, 0.6) is 0 Å². The van der Waals surface area contributed by atoms with Gasteiger partial charge >= 0.3 is 0 Å². The molecule has 1 saturated carbocycles. The van der Waals surface area contributed by atoms with E-state index in [2.05, 4.69) is 16.3 Å². The molecule has 3 aromatic rings. The number of benzene rings is 1. The Labute approximate surface area is 146 Å². The quantitative estimate of drug-likeness (QED) is 0.732. The van der Waals surface area contributed by atoms with Crippen LogP contribution in [-0.2, 0) is 0 Å². The van der Waals surface area contributed by atoms with Gasteiger partial charge in [0.15, 0.2) is 0 Å². The standard InChI is InChI=1S/C20H22N4O/c1-13-2-6-16(7-3-13)20-23-17(15-8-4-14(12-25)5-9-15)18-19(21)22-10-11-24(18)20/h4-5,8-13,16H,2-3,6-7H2,1H3,(H2,21,22). The van der Waals surface area contributed by atoms with Crippen LogP contribution in [0.15, 0.2) is 36.7 Å². The van der Waals surface area contributed by atoms with E-state index in [9.17, 15) is 4.79 Å². The maximum atomic E-state index is 10.9. The molecule has 1 aliphatic carbocycles. The van der Waals surface area contributed by atoms with E-state index in [1.54, 1.807) is 6.20 Å². The molecule has 0 spiro atoms. The number of nitrogens with zero attached hydrogens (tertiary/aromatic N) is 3. The Morgan fingerprint density at radius 3 is 2.56 bits per heavy atom. The van der Waals surface area contributed by atoms with Crippen LogP contribution in [0.3, 0.4) is 0 Å². The van der Waals surface area contributed by atoms with Crippen LogP contribution in [0.1, 0.15) is 54.7 Å². The van der Waals surface area contributed by atoms with Gasteiger partial charge in [-0.15, -0.1) is 0 Å². The number of fused-ring (bicyclic) bond motifs is 1. The van der Waals surface area contributed by atoms with Gasteiger partial charge in [0.2, 0.25) is 0 Å². The van der Waals surface area contributed by atoms with Gasteiger partial charge in [0.1, 0.15) is 29.1 Å². The molecule has 128 valence electrons. The van der Waals surface area contributed by atoms with Gasteiger partial charge in [-0.25, -0.2) is 9.97 Å². The van der Waals surface area contributed by atoms with Crippen LogP contribution in [0.4, 0.5) is 5.82 Å². The number of nitrogens with two attached hydrogens (primary N) is 1. The first-order valence-corrected chi connectivity index (χ1v) is 8.85. The van der Waals surface area contributed by atoms with E-state index < -0.39 is 0 Å². The first-order valence-electron chi connectivity index (χ1n) is 8.85. The van der Waals surface area contributed by atoms with Crippen LogP contribution in [0, 0.1) is 5.92 Å². The Kier molecular flexibility index (Phi) is 3.99. The largest absolute Gasteiger partial charge is 0.382 e. The Morgan fingerprint density at radius 2 is 1.88 bits per heavy atom. The van der Waals surface area contributed by atoms with Crippen molar-refractivity contribution in [2.24, 2.45) is 5.92 Å². The lowest BCUT2D eigenvalue weighted by Crippen LogP contribution is -2.13. The fraction of sp³-hybridized carbons (Fsp3) is 0.350. The monoisotopic (exact) mass is 334 g/mol. The molecule has 1 fully saturated rings. The van der Waals surface area contributed by atoms with Gasteiger partial charge in [-0.1, -0.05) is 44.0 Å². The number of nitrogen functional groups attached to an aromatic ring is 1. The fourth-order valence-corrected chi connectivity index (χ4v) is 3.81. The summed E-state index contributed by atoms with van der Waals surface area (Å²) in [5.41, 5.74) is 9.50. The van der Waals surface area contributed by atoms with E-state index in [4.69, 9.17) is 10.7 Å². The predicted octanol–water partition coefficient (Wildman–Crippen LogP) is 4.08. The molecule has 5 heteroatoms. The van der Waals surface area contributed by atoms with E-state index in [-0.39, 0.29) is 0 Å². The summed E-state index contributed by atoms with van der Waals surface area (Å²) in [6.07, 6.45) is 9.33. The number of rotatable bonds is 3. The van der Waals surface area contributed by atoms with Crippen LogP contribution < -0.4 is 5.73 Å². The molecule has 2 N–H and O–H groups in total. The second-order valence-electron chi connectivity index (χ2n) is 7.05. The van der Waals surface area contributed by atoms with Crippen molar-refractivity contribution in [2.75, 3.05) is 5.73 Å². The average molecular weight is 334 g/mol. The summed E-state index contributed by atoms with van der Waals surface area (Å²) in [5, 5.41) is 0. The highest BCUT2D eigenvalue weighted by atomic mass is 16.1. The number of hydrogen-bond acceptors (Lipinski definition) is 4. The molecule has 0 bridgehead atoms. The van der Waals surface area contributed by atoms with Crippen molar-refractivity contribution in [1.29, 1.82) is 0 Å². The van der Waals surface area contributed by atoms with Crippen molar-refractivity contribution in [2.45, 2.75) is 38.5 Å². The Morgan fingerprint density at radius 1 is 1.16 bits per heavy atom. The first-order chi connectivity index (χ1) is 12.2. The summed E-state index contributed by atoms with van der Waals surface area (Å²) in [5.74, 6) is 2.81. The van der Waals surface area contributed by atoms with Gasteiger partial charge in [0.05, 0.1) is 0 Å². The minimum atomic E-state index is 0.452. The molecule has 2 aromatic heterocycles. The second-order valence-corrected chi connectivity index (χ2v) is 7.05. The number of aromatic nitrogens is 3. The highest BCUT2D eigenvalue weighted by Gasteiger charge is 2.26. The minimum absolute atomic E-state index is 0.452. The molecule has 2 heterocycles. The third kappa shape index (κ3) is 2.80. The van der Waals surface area contributed by atoms with Crippen LogP contribution in [0.25, 0.3) is 16.8 Å². The third-order valence-electron chi connectivity index (χ3n) is 5.31. The van der Waals surface area contributed by atoms with Crippen molar-refractivity contribution in [3.05, 3.63) is 48.0 Å². The van der Waals surface area contributed by atoms with Crippen molar-refractivity contribution in [1.82, 2.24) is 14.4 Å². The predicted molar refractivity (Wildman–Crippen MR) is 98.6 cm³/mol. The van der Waals surface area contributed by atoms with Crippen molar-refractivity contribution in [3.8, 4) is 11.3 Å². The number of anilines is 1. The second kappa shape index (κ2) is 6.31. The van der Waals surface area contributed by atoms with Gasteiger partial charge in [0, 0.05) is 29.4 Å². The molecule has 1 aliphatic rings. The zero-order chi connectivity index (χ0) is 17.4. The van der Waals surface area contributed by atoms with Crippen molar-refractivity contribution < 1.29 is 4.79 Å². The topological polar surface area (TPSA) is 73.3 Å². The number of hydrogen-bond donors (Lipinski definition) is 1. The molecule has 0 aliphatic heterocycles. The molecular formula is C20H22N4O. The summed E-state index contributed by atoms with van der Waals surface area (Å²) in [6, 6.07) is 7.46. The van der Waals surface area contributed by atoms with Gasteiger partial charge < -0.3 is 5.73 Å². The first kappa shape index (κ1) is 15.8. The highest BCUT2D eigenvalue weighted by molar-refractivity contribution is 5.86. The third-order valence-corrected chi connectivity index (χ3v) is 5.31. The Bertz CT molecular complexity index is 905. The van der Waals surface area contributed by atoms with Crippen molar-refractivity contribution in [3.63, 3.8) is 0 Å². The molecule has 0 radical (unpaired) electrons. The molecule has 0 saturated heterocycles. The summed E-state index contributed by atoms with van der Waals surface area (Å²) < 4.78 is 2.10. The van der Waals surface area contributed by atoms with Gasteiger partial charge in [0.25, 0.3) is 0 Å². The van der Waals surface area contributed by atoms with Crippen LogP contribution >= 0.6 is 0 Å². The molecule has 25 heavy (non-hydrogen) atoms. The minimum Gasteiger partial charge on any atom is -0.382 e. The van der Waals surface area contributed by atoms with E-state index in [1.165, 1.54) is 12.8 Å². The molecular weight excluding hydrogens is 312 g/mol. The SMILES string of the molecule is CC1CCC(c2nc(-c3ccc(C=O)cc3)c3c(N)nccn23)CC1.